The predicted octanol–water partition coefficient (Wildman–Crippen LogP) is 6.30. The number of methoxy groups -OCH3 is 1. The van der Waals surface area contributed by atoms with Crippen molar-refractivity contribution in [2.24, 2.45) is 0 Å². The molecular formula is C22H36O3S. The van der Waals surface area contributed by atoms with Gasteiger partial charge in [0.2, 0.25) is 0 Å². The van der Waals surface area contributed by atoms with Gasteiger partial charge in [0.05, 0.1) is 13.7 Å². The predicted molar refractivity (Wildman–Crippen MR) is 112 cm³/mol. The topological polar surface area (TPSA) is 35.5 Å². The molecule has 0 aliphatic heterocycles. The van der Waals surface area contributed by atoms with Gasteiger partial charge in [-0.25, -0.2) is 0 Å². The van der Waals surface area contributed by atoms with Crippen LogP contribution >= 0.6 is 12.6 Å². The van der Waals surface area contributed by atoms with Crippen molar-refractivity contribution in [3.8, 4) is 5.75 Å². The fourth-order valence-electron chi connectivity index (χ4n) is 2.94. The van der Waals surface area contributed by atoms with Gasteiger partial charge >= 0.3 is 5.97 Å². The summed E-state index contributed by atoms with van der Waals surface area (Å²) in [5, 5.41) is 0. The van der Waals surface area contributed by atoms with Crippen LogP contribution in [0.25, 0.3) is 0 Å². The highest BCUT2D eigenvalue weighted by atomic mass is 32.1. The molecule has 1 aromatic carbocycles. The Kier molecular flexibility index (Phi) is 11.5. The number of thiol groups is 1. The Labute approximate surface area is 165 Å². The van der Waals surface area contributed by atoms with E-state index in [0.717, 1.165) is 18.4 Å². The van der Waals surface area contributed by atoms with Crippen molar-refractivity contribution < 1.29 is 14.3 Å². The molecule has 4 heteroatoms. The van der Waals surface area contributed by atoms with Gasteiger partial charge in [-0.05, 0) is 31.0 Å². The number of carbonyl (C=O) groups is 1. The first-order valence-corrected chi connectivity index (χ1v) is 10.5. The van der Waals surface area contributed by atoms with Gasteiger partial charge in [-0.1, -0.05) is 76.8 Å². The molecule has 0 fully saturated rings. The molecule has 0 N–H and O–H groups in total. The number of hydrogen-bond acceptors (Lipinski definition) is 4. The third kappa shape index (κ3) is 8.48. The average molecular weight is 381 g/mol. The third-order valence-electron chi connectivity index (χ3n) is 4.76. The number of unbranched alkanes of at least 4 members (excludes halogenated alkanes) is 9. The number of carbonyl (C=O) groups excluding carboxylic acids is 1. The van der Waals surface area contributed by atoms with Gasteiger partial charge < -0.3 is 9.47 Å². The minimum Gasteiger partial charge on any atom is -0.497 e. The van der Waals surface area contributed by atoms with Gasteiger partial charge in [0.25, 0.3) is 0 Å². The van der Waals surface area contributed by atoms with E-state index in [9.17, 15) is 4.79 Å². The molecule has 0 aliphatic carbocycles. The fourth-order valence-corrected chi connectivity index (χ4v) is 3.14. The van der Waals surface area contributed by atoms with Crippen LogP contribution in [0.15, 0.2) is 24.3 Å². The maximum atomic E-state index is 12.4. The molecular weight excluding hydrogens is 344 g/mol. The fraction of sp³-hybridized carbons (Fsp3) is 0.682. The average Bonchev–Trinajstić information content (AvgIpc) is 2.65. The summed E-state index contributed by atoms with van der Waals surface area (Å²) in [4.78, 5) is 12.4. The van der Waals surface area contributed by atoms with Crippen LogP contribution < -0.4 is 4.74 Å². The van der Waals surface area contributed by atoms with E-state index in [1.807, 2.05) is 24.3 Å². The lowest BCUT2D eigenvalue weighted by Gasteiger charge is -2.22. The van der Waals surface area contributed by atoms with Gasteiger partial charge in [0.1, 0.15) is 10.5 Å². The molecule has 26 heavy (non-hydrogen) atoms. The van der Waals surface area contributed by atoms with Crippen molar-refractivity contribution in [3.05, 3.63) is 29.8 Å². The number of hydrogen-bond donors (Lipinski definition) is 1. The molecule has 0 bridgehead atoms. The number of benzene rings is 1. The molecule has 1 aromatic rings. The maximum Gasteiger partial charge on any atom is 0.326 e. The molecule has 3 nitrogen and oxygen atoms in total. The monoisotopic (exact) mass is 380 g/mol. The highest BCUT2D eigenvalue weighted by Gasteiger charge is 2.33. The molecule has 0 aromatic heterocycles. The normalized spacial score (nSPS) is 13.2. The molecule has 0 spiro atoms. The molecule has 0 saturated heterocycles. The second-order valence-electron chi connectivity index (χ2n) is 7.12. The summed E-state index contributed by atoms with van der Waals surface area (Å²) in [5.74, 6) is 0.412. The van der Waals surface area contributed by atoms with Crippen LogP contribution in [0.4, 0.5) is 0 Å². The zero-order valence-corrected chi connectivity index (χ0v) is 17.7. The summed E-state index contributed by atoms with van der Waals surface area (Å²) < 4.78 is 9.70. The van der Waals surface area contributed by atoms with E-state index in [1.54, 1.807) is 14.0 Å². The van der Waals surface area contributed by atoms with Gasteiger partial charge in [-0.3, -0.25) is 4.79 Å². The van der Waals surface area contributed by atoms with Gasteiger partial charge in [0, 0.05) is 0 Å². The maximum absolute atomic E-state index is 12.4. The highest BCUT2D eigenvalue weighted by Crippen LogP contribution is 2.31. The zero-order valence-electron chi connectivity index (χ0n) is 16.8. The Morgan fingerprint density at radius 3 is 2.15 bits per heavy atom. The largest absolute Gasteiger partial charge is 0.497 e. The molecule has 1 unspecified atom stereocenters. The van der Waals surface area contributed by atoms with Crippen LogP contribution in [0, 0.1) is 0 Å². The first-order valence-electron chi connectivity index (χ1n) is 10.1. The lowest BCUT2D eigenvalue weighted by Crippen LogP contribution is -2.29. The van der Waals surface area contributed by atoms with Gasteiger partial charge in [-0.15, -0.1) is 0 Å². The zero-order chi connectivity index (χ0) is 19.3. The van der Waals surface area contributed by atoms with Crippen molar-refractivity contribution >= 4 is 18.6 Å². The van der Waals surface area contributed by atoms with Crippen molar-refractivity contribution in [1.29, 1.82) is 0 Å². The second-order valence-corrected chi connectivity index (χ2v) is 8.02. The van der Waals surface area contributed by atoms with Gasteiger partial charge in [-0.2, -0.15) is 12.6 Å². The van der Waals surface area contributed by atoms with Gasteiger partial charge in [0.15, 0.2) is 0 Å². The smallest absolute Gasteiger partial charge is 0.326 e. The van der Waals surface area contributed by atoms with E-state index in [0.29, 0.717) is 12.4 Å². The molecule has 0 amide bonds. The van der Waals surface area contributed by atoms with E-state index in [2.05, 4.69) is 19.6 Å². The molecule has 0 saturated carbocycles. The Morgan fingerprint density at radius 2 is 1.58 bits per heavy atom. The Hall–Kier alpha value is -1.16. The standard InChI is InChI=1S/C22H36O3S/c1-4-5-6-7-8-9-10-11-12-13-17-25-21(23)22(2,26)19-15-14-16-20(18-19)24-3/h14-16,18,26H,4-13,17H2,1-3H3. The quantitative estimate of drug-likeness (QED) is 0.233. The van der Waals surface area contributed by atoms with Crippen molar-refractivity contribution in [3.63, 3.8) is 0 Å². The lowest BCUT2D eigenvalue weighted by molar-refractivity contribution is -0.146. The number of esters is 1. The molecule has 148 valence electrons. The summed E-state index contributed by atoms with van der Waals surface area (Å²) in [7, 11) is 1.61. The first kappa shape index (κ1) is 22.9. The van der Waals surface area contributed by atoms with Crippen molar-refractivity contribution in [2.45, 2.75) is 82.8 Å². The van der Waals surface area contributed by atoms with E-state index in [4.69, 9.17) is 9.47 Å². The van der Waals surface area contributed by atoms with Crippen LogP contribution in [-0.2, 0) is 14.3 Å². The summed E-state index contributed by atoms with van der Waals surface area (Å²) in [6, 6.07) is 7.41. The molecule has 0 heterocycles. The molecule has 0 radical (unpaired) electrons. The second kappa shape index (κ2) is 13.1. The third-order valence-corrected chi connectivity index (χ3v) is 5.20. The minimum atomic E-state index is -0.965. The Morgan fingerprint density at radius 1 is 1.00 bits per heavy atom. The summed E-state index contributed by atoms with van der Waals surface area (Å²) >= 11 is 4.53. The van der Waals surface area contributed by atoms with Crippen LogP contribution in [0.1, 0.15) is 83.6 Å². The Bertz CT molecular complexity index is 514. The van der Waals surface area contributed by atoms with E-state index in [-0.39, 0.29) is 5.97 Å². The van der Waals surface area contributed by atoms with Crippen molar-refractivity contribution in [2.75, 3.05) is 13.7 Å². The van der Waals surface area contributed by atoms with Crippen LogP contribution in [-0.4, -0.2) is 19.7 Å². The minimum absolute atomic E-state index is 0.301. The lowest BCUT2D eigenvalue weighted by atomic mass is 10.00. The van der Waals surface area contributed by atoms with E-state index >= 15 is 0 Å². The van der Waals surface area contributed by atoms with Crippen molar-refractivity contribution in [1.82, 2.24) is 0 Å². The van der Waals surface area contributed by atoms with E-state index < -0.39 is 4.75 Å². The van der Waals surface area contributed by atoms with Crippen LogP contribution in [0.3, 0.4) is 0 Å². The SMILES string of the molecule is CCCCCCCCCCCCOC(=O)C(C)(S)c1cccc(OC)c1. The van der Waals surface area contributed by atoms with E-state index in [1.165, 1.54) is 51.4 Å². The summed E-state index contributed by atoms with van der Waals surface area (Å²) in [5.41, 5.74) is 0.785. The molecule has 1 rings (SSSR count). The summed E-state index contributed by atoms with van der Waals surface area (Å²) in [6.45, 7) is 4.49. The molecule has 1 atom stereocenters. The van der Waals surface area contributed by atoms with Crippen LogP contribution in [0.2, 0.25) is 0 Å². The first-order chi connectivity index (χ1) is 12.5. The summed E-state index contributed by atoms with van der Waals surface area (Å²) in [6.07, 6.45) is 12.6. The number of rotatable bonds is 14. The van der Waals surface area contributed by atoms with Crippen LogP contribution in [0.5, 0.6) is 5.75 Å². The number of ether oxygens (including phenoxy) is 2. The molecule has 0 aliphatic rings. The Balaban J connectivity index is 2.17. The highest BCUT2D eigenvalue weighted by molar-refractivity contribution is 7.82.